The largest absolute Gasteiger partial charge is 0.317 e. The van der Waals surface area contributed by atoms with Crippen molar-refractivity contribution in [3.05, 3.63) is 46.5 Å². The fourth-order valence-corrected chi connectivity index (χ4v) is 1.83. The molecule has 0 atom stereocenters. The summed E-state index contributed by atoms with van der Waals surface area (Å²) in [6.45, 7) is 2.07. The molecule has 0 saturated heterocycles. The summed E-state index contributed by atoms with van der Waals surface area (Å²) in [4.78, 5) is 0. The van der Waals surface area contributed by atoms with Crippen molar-refractivity contribution in [2.75, 3.05) is 0 Å². The van der Waals surface area contributed by atoms with Gasteiger partial charge in [-0.3, -0.25) is 0 Å². The van der Waals surface area contributed by atoms with Crippen molar-refractivity contribution in [2.24, 2.45) is 7.05 Å². The van der Waals surface area contributed by atoms with Gasteiger partial charge in [-0.15, -0.1) is 10.2 Å². The van der Waals surface area contributed by atoms with Gasteiger partial charge in [-0.05, 0) is 36.3 Å². The summed E-state index contributed by atoms with van der Waals surface area (Å²) in [6, 6.07) is 8.20. The lowest BCUT2D eigenvalue weighted by atomic mass is 10.1. The monoisotopic (exact) mass is 277 g/mol. The normalized spacial score (nSPS) is 11.8. The zero-order chi connectivity index (χ0) is 11.5. The van der Waals surface area contributed by atoms with Crippen molar-refractivity contribution in [2.45, 2.75) is 6.92 Å². The fourth-order valence-electron chi connectivity index (χ4n) is 1.43. The van der Waals surface area contributed by atoms with E-state index in [0.717, 1.165) is 15.9 Å². The Labute approximate surface area is 103 Å². The van der Waals surface area contributed by atoms with Crippen molar-refractivity contribution in [1.29, 1.82) is 0 Å². The standard InChI is InChI=1S/C12H12BrN3/c1-9(6-12-15-14-8-16(12)2)10-4-3-5-11(13)7-10/h3-8H,1-2H3/b9-6+. The Bertz CT molecular complexity index is 529. The summed E-state index contributed by atoms with van der Waals surface area (Å²) in [5.74, 6) is 0.859. The van der Waals surface area contributed by atoms with E-state index in [1.165, 1.54) is 5.56 Å². The van der Waals surface area contributed by atoms with Crippen LogP contribution in [-0.4, -0.2) is 14.8 Å². The van der Waals surface area contributed by atoms with Gasteiger partial charge in [-0.2, -0.15) is 0 Å². The highest BCUT2D eigenvalue weighted by molar-refractivity contribution is 9.10. The molecule has 0 bridgehead atoms. The van der Waals surface area contributed by atoms with Crippen LogP contribution in [0.2, 0.25) is 0 Å². The first kappa shape index (κ1) is 11.1. The maximum absolute atomic E-state index is 4.03. The minimum absolute atomic E-state index is 0.859. The van der Waals surface area contributed by atoms with Crippen LogP contribution in [0.3, 0.4) is 0 Å². The molecule has 0 amide bonds. The first-order valence-electron chi connectivity index (χ1n) is 4.95. The van der Waals surface area contributed by atoms with Gasteiger partial charge in [0, 0.05) is 11.5 Å². The number of hydrogen-bond acceptors (Lipinski definition) is 2. The van der Waals surface area contributed by atoms with E-state index in [9.17, 15) is 0 Å². The number of hydrogen-bond donors (Lipinski definition) is 0. The first-order valence-corrected chi connectivity index (χ1v) is 5.74. The van der Waals surface area contributed by atoms with Gasteiger partial charge in [0.05, 0.1) is 0 Å². The molecule has 1 aromatic carbocycles. The highest BCUT2D eigenvalue weighted by atomic mass is 79.9. The van der Waals surface area contributed by atoms with E-state index < -0.39 is 0 Å². The van der Waals surface area contributed by atoms with Gasteiger partial charge in [0.15, 0.2) is 5.82 Å². The van der Waals surface area contributed by atoms with Crippen LogP contribution in [0.4, 0.5) is 0 Å². The summed E-state index contributed by atoms with van der Waals surface area (Å²) in [7, 11) is 1.93. The van der Waals surface area contributed by atoms with Crippen LogP contribution in [0.15, 0.2) is 35.1 Å². The van der Waals surface area contributed by atoms with Crippen LogP contribution in [0.25, 0.3) is 11.6 Å². The van der Waals surface area contributed by atoms with Gasteiger partial charge in [-0.1, -0.05) is 28.1 Å². The Morgan fingerprint density at radius 3 is 2.88 bits per heavy atom. The highest BCUT2D eigenvalue weighted by Gasteiger charge is 2.00. The maximum atomic E-state index is 4.03. The molecule has 82 valence electrons. The van der Waals surface area contributed by atoms with E-state index in [4.69, 9.17) is 0 Å². The minimum atomic E-state index is 0.859. The Balaban J connectivity index is 2.35. The lowest BCUT2D eigenvalue weighted by molar-refractivity contribution is 0.896. The number of aromatic nitrogens is 3. The molecular weight excluding hydrogens is 266 g/mol. The quantitative estimate of drug-likeness (QED) is 0.845. The zero-order valence-electron chi connectivity index (χ0n) is 9.18. The average molecular weight is 278 g/mol. The van der Waals surface area contributed by atoms with Crippen LogP contribution >= 0.6 is 15.9 Å². The third-order valence-electron chi connectivity index (χ3n) is 2.37. The van der Waals surface area contributed by atoms with Gasteiger partial charge in [0.2, 0.25) is 0 Å². The van der Waals surface area contributed by atoms with E-state index in [0.29, 0.717) is 0 Å². The Morgan fingerprint density at radius 2 is 2.25 bits per heavy atom. The fraction of sp³-hybridized carbons (Fsp3) is 0.167. The van der Waals surface area contributed by atoms with E-state index in [1.807, 2.05) is 29.8 Å². The summed E-state index contributed by atoms with van der Waals surface area (Å²) >= 11 is 3.46. The van der Waals surface area contributed by atoms with Crippen molar-refractivity contribution >= 4 is 27.6 Å². The molecule has 2 aromatic rings. The number of halogens is 1. The zero-order valence-corrected chi connectivity index (χ0v) is 10.8. The lowest BCUT2D eigenvalue weighted by Gasteiger charge is -2.02. The molecule has 4 heteroatoms. The highest BCUT2D eigenvalue weighted by Crippen LogP contribution is 2.20. The molecule has 3 nitrogen and oxygen atoms in total. The number of aryl methyl sites for hydroxylation is 1. The molecule has 16 heavy (non-hydrogen) atoms. The Morgan fingerprint density at radius 1 is 1.44 bits per heavy atom. The van der Waals surface area contributed by atoms with Gasteiger partial charge < -0.3 is 4.57 Å². The second kappa shape index (κ2) is 4.61. The molecule has 0 fully saturated rings. The van der Waals surface area contributed by atoms with Crippen LogP contribution in [0, 0.1) is 0 Å². The molecule has 0 aliphatic heterocycles. The molecule has 0 saturated carbocycles. The molecule has 1 heterocycles. The van der Waals surface area contributed by atoms with E-state index in [-0.39, 0.29) is 0 Å². The van der Waals surface area contributed by atoms with Crippen LogP contribution in [0.5, 0.6) is 0 Å². The molecule has 1 aromatic heterocycles. The molecule has 0 radical (unpaired) electrons. The Hall–Kier alpha value is -1.42. The first-order chi connectivity index (χ1) is 7.66. The number of benzene rings is 1. The maximum Gasteiger partial charge on any atom is 0.156 e. The minimum Gasteiger partial charge on any atom is -0.317 e. The predicted octanol–water partition coefficient (Wildman–Crippen LogP) is 3.14. The third-order valence-corrected chi connectivity index (χ3v) is 2.87. The summed E-state index contributed by atoms with van der Waals surface area (Å²) in [5.41, 5.74) is 2.34. The molecule has 0 aliphatic rings. The van der Waals surface area contributed by atoms with Gasteiger partial charge >= 0.3 is 0 Å². The van der Waals surface area contributed by atoms with Gasteiger partial charge in [0.1, 0.15) is 6.33 Å². The summed E-state index contributed by atoms with van der Waals surface area (Å²) in [5, 5.41) is 7.87. The predicted molar refractivity (Wildman–Crippen MR) is 68.7 cm³/mol. The van der Waals surface area contributed by atoms with Crippen molar-refractivity contribution < 1.29 is 0 Å². The van der Waals surface area contributed by atoms with E-state index in [2.05, 4.69) is 45.2 Å². The molecule has 0 N–H and O–H groups in total. The summed E-state index contributed by atoms with van der Waals surface area (Å²) in [6.07, 6.45) is 3.72. The third kappa shape index (κ3) is 2.39. The molecule has 0 aliphatic carbocycles. The van der Waals surface area contributed by atoms with Crippen LogP contribution in [0.1, 0.15) is 18.3 Å². The van der Waals surface area contributed by atoms with E-state index >= 15 is 0 Å². The number of rotatable bonds is 2. The molecule has 0 unspecified atom stereocenters. The number of allylic oxidation sites excluding steroid dienone is 1. The second-order valence-electron chi connectivity index (χ2n) is 3.64. The smallest absolute Gasteiger partial charge is 0.156 e. The molecule has 0 spiro atoms. The van der Waals surface area contributed by atoms with Crippen molar-refractivity contribution in [3.8, 4) is 0 Å². The molecular formula is C12H12BrN3. The van der Waals surface area contributed by atoms with Gasteiger partial charge in [-0.25, -0.2) is 0 Å². The average Bonchev–Trinajstić information content (AvgIpc) is 2.64. The van der Waals surface area contributed by atoms with E-state index in [1.54, 1.807) is 6.33 Å². The number of nitrogens with zero attached hydrogens (tertiary/aromatic N) is 3. The Kier molecular flexibility index (Phi) is 3.19. The SMILES string of the molecule is C/C(=C\c1nncn1C)c1cccc(Br)c1. The van der Waals surface area contributed by atoms with Crippen LogP contribution < -0.4 is 0 Å². The van der Waals surface area contributed by atoms with Gasteiger partial charge in [0.25, 0.3) is 0 Å². The van der Waals surface area contributed by atoms with Crippen LogP contribution in [-0.2, 0) is 7.05 Å². The van der Waals surface area contributed by atoms with Crippen molar-refractivity contribution in [3.63, 3.8) is 0 Å². The lowest BCUT2D eigenvalue weighted by Crippen LogP contribution is -1.90. The second-order valence-corrected chi connectivity index (χ2v) is 4.55. The topological polar surface area (TPSA) is 30.7 Å². The van der Waals surface area contributed by atoms with Crippen molar-refractivity contribution in [1.82, 2.24) is 14.8 Å². The molecule has 2 rings (SSSR count). The summed E-state index contributed by atoms with van der Waals surface area (Å²) < 4.78 is 2.97.